The Bertz CT molecular complexity index is 698. The molecule has 0 spiro atoms. The number of hydrogen-bond donors (Lipinski definition) is 1. The molecule has 0 saturated carbocycles. The molecule has 1 N–H and O–H groups in total. The Morgan fingerprint density at radius 1 is 1.14 bits per heavy atom. The Hall–Kier alpha value is -2.46. The van der Waals surface area contributed by atoms with Crippen molar-refractivity contribution in [2.45, 2.75) is 0 Å². The summed E-state index contributed by atoms with van der Waals surface area (Å²) in [4.78, 5) is 12.0. The van der Waals surface area contributed by atoms with Crippen molar-refractivity contribution in [2.75, 3.05) is 19.5 Å². The molecule has 114 valence electrons. The van der Waals surface area contributed by atoms with Gasteiger partial charge in [0.15, 0.2) is 0 Å². The van der Waals surface area contributed by atoms with E-state index in [1.54, 1.807) is 37.5 Å². The number of nitrogens with one attached hydrogen (secondary N) is 1. The molecule has 0 radical (unpaired) electrons. The Balaban J connectivity index is 2.11. The van der Waals surface area contributed by atoms with Crippen LogP contribution in [0, 0.1) is 0 Å². The SMILES string of the molecule is COc1ccc(NC(=O)/C=C\c2ccccc2Cl)c(OC)c1. The number of rotatable bonds is 5. The molecule has 5 heteroatoms. The Kier molecular flexibility index (Phi) is 5.44. The van der Waals surface area contributed by atoms with Gasteiger partial charge in [-0.3, -0.25) is 4.79 Å². The molecule has 0 heterocycles. The first-order valence-electron chi connectivity index (χ1n) is 6.59. The third-order valence-electron chi connectivity index (χ3n) is 2.99. The molecule has 0 fully saturated rings. The molecule has 0 aromatic heterocycles. The zero-order chi connectivity index (χ0) is 15.9. The van der Waals surface area contributed by atoms with E-state index in [0.29, 0.717) is 22.2 Å². The van der Waals surface area contributed by atoms with Gasteiger partial charge in [-0.25, -0.2) is 0 Å². The van der Waals surface area contributed by atoms with Gasteiger partial charge in [-0.05, 0) is 29.8 Å². The van der Waals surface area contributed by atoms with E-state index in [-0.39, 0.29) is 5.91 Å². The quantitative estimate of drug-likeness (QED) is 0.848. The third kappa shape index (κ3) is 4.02. The summed E-state index contributed by atoms with van der Waals surface area (Å²) in [7, 11) is 3.10. The van der Waals surface area contributed by atoms with Gasteiger partial charge >= 0.3 is 0 Å². The van der Waals surface area contributed by atoms with Crippen LogP contribution < -0.4 is 14.8 Å². The van der Waals surface area contributed by atoms with Crippen LogP contribution in [0.15, 0.2) is 48.5 Å². The Morgan fingerprint density at radius 2 is 1.91 bits per heavy atom. The molecule has 0 unspecified atom stereocenters. The molecule has 4 nitrogen and oxygen atoms in total. The lowest BCUT2D eigenvalue weighted by Crippen LogP contribution is -2.09. The van der Waals surface area contributed by atoms with Crippen molar-refractivity contribution in [2.24, 2.45) is 0 Å². The largest absolute Gasteiger partial charge is 0.497 e. The smallest absolute Gasteiger partial charge is 0.248 e. The van der Waals surface area contributed by atoms with Gasteiger partial charge in [0, 0.05) is 17.2 Å². The molecule has 0 aliphatic rings. The van der Waals surface area contributed by atoms with Crippen LogP contribution in [0.25, 0.3) is 6.08 Å². The summed E-state index contributed by atoms with van der Waals surface area (Å²) in [6.07, 6.45) is 3.08. The molecule has 0 bridgehead atoms. The van der Waals surface area contributed by atoms with E-state index >= 15 is 0 Å². The van der Waals surface area contributed by atoms with Crippen LogP contribution in [-0.4, -0.2) is 20.1 Å². The van der Waals surface area contributed by atoms with Crippen LogP contribution in [0.4, 0.5) is 5.69 Å². The average Bonchev–Trinajstić information content (AvgIpc) is 2.54. The monoisotopic (exact) mass is 317 g/mol. The van der Waals surface area contributed by atoms with Crippen LogP contribution in [0.5, 0.6) is 11.5 Å². The number of anilines is 1. The van der Waals surface area contributed by atoms with Crippen molar-refractivity contribution >= 4 is 29.3 Å². The minimum absolute atomic E-state index is 0.275. The van der Waals surface area contributed by atoms with E-state index in [4.69, 9.17) is 21.1 Å². The number of hydrogen-bond acceptors (Lipinski definition) is 3. The molecule has 0 atom stereocenters. The molecule has 0 aliphatic carbocycles. The van der Waals surface area contributed by atoms with Crippen molar-refractivity contribution < 1.29 is 14.3 Å². The van der Waals surface area contributed by atoms with Crippen LogP contribution in [0.2, 0.25) is 5.02 Å². The van der Waals surface area contributed by atoms with Crippen molar-refractivity contribution in [3.05, 3.63) is 59.1 Å². The molecular weight excluding hydrogens is 302 g/mol. The van der Waals surface area contributed by atoms with Crippen molar-refractivity contribution in [1.82, 2.24) is 0 Å². The highest BCUT2D eigenvalue weighted by Gasteiger charge is 2.07. The predicted octanol–water partition coefficient (Wildman–Crippen LogP) is 4.01. The van der Waals surface area contributed by atoms with Gasteiger partial charge in [-0.15, -0.1) is 0 Å². The second-order valence-corrected chi connectivity index (χ2v) is 4.82. The fraction of sp³-hybridized carbons (Fsp3) is 0.118. The summed E-state index contributed by atoms with van der Waals surface area (Å²) in [5.74, 6) is 0.906. The Morgan fingerprint density at radius 3 is 2.59 bits per heavy atom. The predicted molar refractivity (Wildman–Crippen MR) is 88.7 cm³/mol. The topological polar surface area (TPSA) is 47.6 Å². The van der Waals surface area contributed by atoms with Gasteiger partial charge in [0.2, 0.25) is 5.91 Å². The van der Waals surface area contributed by atoms with Gasteiger partial charge in [0.1, 0.15) is 11.5 Å². The fourth-order valence-electron chi connectivity index (χ4n) is 1.85. The maximum absolute atomic E-state index is 12.0. The molecule has 2 aromatic carbocycles. The highest BCUT2D eigenvalue weighted by Crippen LogP contribution is 2.29. The summed E-state index contributed by atoms with van der Waals surface area (Å²) in [5.41, 5.74) is 1.35. The van der Waals surface area contributed by atoms with E-state index < -0.39 is 0 Å². The first kappa shape index (κ1) is 15.9. The zero-order valence-electron chi connectivity index (χ0n) is 12.3. The number of carbonyl (C=O) groups excluding carboxylic acids is 1. The second kappa shape index (κ2) is 7.52. The van der Waals surface area contributed by atoms with Gasteiger partial charge in [0.25, 0.3) is 0 Å². The number of amides is 1. The van der Waals surface area contributed by atoms with Gasteiger partial charge in [-0.1, -0.05) is 29.8 Å². The summed E-state index contributed by atoms with van der Waals surface area (Å²) in [6, 6.07) is 12.5. The van der Waals surface area contributed by atoms with Crippen LogP contribution in [0.3, 0.4) is 0 Å². The lowest BCUT2D eigenvalue weighted by molar-refractivity contribution is -0.111. The Labute approximate surface area is 134 Å². The number of methoxy groups -OCH3 is 2. The number of halogens is 1. The number of ether oxygens (including phenoxy) is 2. The molecule has 2 rings (SSSR count). The number of benzene rings is 2. The van der Waals surface area contributed by atoms with E-state index in [1.165, 1.54) is 13.2 Å². The number of carbonyl (C=O) groups is 1. The van der Waals surface area contributed by atoms with Crippen LogP contribution in [-0.2, 0) is 4.79 Å². The molecule has 0 aliphatic heterocycles. The minimum Gasteiger partial charge on any atom is -0.497 e. The van der Waals surface area contributed by atoms with Crippen LogP contribution in [0.1, 0.15) is 5.56 Å². The molecule has 0 saturated heterocycles. The first-order valence-corrected chi connectivity index (χ1v) is 6.97. The molecule has 2 aromatic rings. The van der Waals surface area contributed by atoms with Gasteiger partial charge in [0.05, 0.1) is 19.9 Å². The van der Waals surface area contributed by atoms with E-state index in [2.05, 4.69) is 5.32 Å². The van der Waals surface area contributed by atoms with Crippen molar-refractivity contribution in [1.29, 1.82) is 0 Å². The summed E-state index contributed by atoms with van der Waals surface area (Å²) in [5, 5.41) is 3.34. The highest BCUT2D eigenvalue weighted by molar-refractivity contribution is 6.32. The standard InChI is InChI=1S/C17H16ClNO3/c1-21-13-8-9-15(16(11-13)22-2)19-17(20)10-7-12-5-3-4-6-14(12)18/h3-11H,1-2H3,(H,19,20)/b10-7-. The second-order valence-electron chi connectivity index (χ2n) is 4.41. The lowest BCUT2D eigenvalue weighted by atomic mass is 10.2. The van der Waals surface area contributed by atoms with Gasteiger partial charge < -0.3 is 14.8 Å². The summed E-state index contributed by atoms with van der Waals surface area (Å²) >= 11 is 6.03. The lowest BCUT2D eigenvalue weighted by Gasteiger charge is -2.10. The van der Waals surface area contributed by atoms with Crippen molar-refractivity contribution in [3.63, 3.8) is 0 Å². The highest BCUT2D eigenvalue weighted by atomic mass is 35.5. The van der Waals surface area contributed by atoms with Gasteiger partial charge in [-0.2, -0.15) is 0 Å². The normalized spacial score (nSPS) is 10.5. The summed E-state index contributed by atoms with van der Waals surface area (Å²) < 4.78 is 10.3. The van der Waals surface area contributed by atoms with E-state index in [1.807, 2.05) is 18.2 Å². The van der Waals surface area contributed by atoms with Crippen molar-refractivity contribution in [3.8, 4) is 11.5 Å². The fourth-order valence-corrected chi connectivity index (χ4v) is 2.05. The molecular formula is C17H16ClNO3. The minimum atomic E-state index is -0.275. The first-order chi connectivity index (χ1) is 10.6. The van der Waals surface area contributed by atoms with Crippen LogP contribution >= 0.6 is 11.6 Å². The summed E-state index contributed by atoms with van der Waals surface area (Å²) in [6.45, 7) is 0. The molecule has 22 heavy (non-hydrogen) atoms. The van der Waals surface area contributed by atoms with E-state index in [9.17, 15) is 4.79 Å². The molecule has 1 amide bonds. The average molecular weight is 318 g/mol. The zero-order valence-corrected chi connectivity index (χ0v) is 13.1. The van der Waals surface area contributed by atoms with E-state index in [0.717, 1.165) is 5.56 Å². The maximum atomic E-state index is 12.0. The maximum Gasteiger partial charge on any atom is 0.248 e. The third-order valence-corrected chi connectivity index (χ3v) is 3.33.